The van der Waals surface area contributed by atoms with Crippen LogP contribution in [0.15, 0.2) is 68.1 Å². The van der Waals surface area contributed by atoms with Crippen LogP contribution in [0.1, 0.15) is 0 Å². The number of hydrogen-bond acceptors (Lipinski definition) is 8. The van der Waals surface area contributed by atoms with Gasteiger partial charge >= 0.3 is 0 Å². The standard InChI is InChI=1S/C12H10O2S3.C6H12S4/c13-17(14,11-5-1-9(15)2-6-11)12-7-3-10(16)4-8-12;7-1-5-3-10-6(2-8)4-9-5/h1-8,15-16H;5-8H,1-4H2. The van der Waals surface area contributed by atoms with Crippen LogP contribution in [0, 0.1) is 0 Å². The second kappa shape index (κ2) is 11.6. The summed E-state index contributed by atoms with van der Waals surface area (Å²) >= 11 is 20.9. The van der Waals surface area contributed by atoms with E-state index in [0.29, 0.717) is 0 Å². The van der Waals surface area contributed by atoms with Gasteiger partial charge in [-0.3, -0.25) is 0 Å². The zero-order chi connectivity index (χ0) is 19.9. The van der Waals surface area contributed by atoms with Crippen LogP contribution < -0.4 is 0 Å². The van der Waals surface area contributed by atoms with Gasteiger partial charge in [0.25, 0.3) is 0 Å². The van der Waals surface area contributed by atoms with E-state index in [1.807, 2.05) is 23.5 Å². The van der Waals surface area contributed by atoms with Crippen LogP contribution in [0.5, 0.6) is 0 Å². The molecule has 27 heavy (non-hydrogen) atoms. The van der Waals surface area contributed by atoms with Gasteiger partial charge in [-0.2, -0.15) is 48.8 Å². The lowest BCUT2D eigenvalue weighted by atomic mass is 10.4. The molecule has 1 saturated heterocycles. The Balaban J connectivity index is 0.000000223. The molecule has 0 amide bonds. The predicted octanol–water partition coefficient (Wildman–Crippen LogP) is 5.16. The normalized spacial score (nSPS) is 19.9. The maximum Gasteiger partial charge on any atom is 0.206 e. The molecule has 2 aromatic rings. The third kappa shape index (κ3) is 7.35. The van der Waals surface area contributed by atoms with Crippen LogP contribution in [-0.4, -0.2) is 41.9 Å². The Morgan fingerprint density at radius 1 is 0.741 bits per heavy atom. The number of rotatable bonds is 4. The molecule has 0 aliphatic carbocycles. The summed E-state index contributed by atoms with van der Waals surface area (Å²) < 4.78 is 24.4. The van der Waals surface area contributed by atoms with Crippen LogP contribution >= 0.6 is 74.0 Å². The molecule has 2 nitrogen and oxygen atoms in total. The molecule has 2 unspecified atom stereocenters. The monoisotopic (exact) mass is 494 g/mol. The number of thioether (sulfide) groups is 2. The van der Waals surface area contributed by atoms with Crippen molar-refractivity contribution in [1.82, 2.24) is 0 Å². The first-order valence-corrected chi connectivity index (χ1v) is 13.9. The number of thiol groups is 4. The Morgan fingerprint density at radius 2 is 1.07 bits per heavy atom. The summed E-state index contributed by atoms with van der Waals surface area (Å²) in [7, 11) is -3.44. The van der Waals surface area contributed by atoms with Crippen molar-refractivity contribution in [3.8, 4) is 0 Å². The molecule has 2 atom stereocenters. The quantitative estimate of drug-likeness (QED) is 0.443. The first kappa shape index (κ1) is 23.8. The first-order valence-electron chi connectivity index (χ1n) is 8.15. The highest BCUT2D eigenvalue weighted by Crippen LogP contribution is 2.30. The molecule has 148 valence electrons. The fourth-order valence-corrected chi connectivity index (χ4v) is 7.64. The molecule has 1 fully saturated rings. The van der Waals surface area contributed by atoms with Gasteiger partial charge in [-0.05, 0) is 48.5 Å². The Kier molecular flexibility index (Phi) is 10.2. The van der Waals surface area contributed by atoms with Crippen molar-refractivity contribution in [3.63, 3.8) is 0 Å². The summed E-state index contributed by atoms with van der Waals surface area (Å²) in [6.45, 7) is 0. The van der Waals surface area contributed by atoms with Gasteiger partial charge in [-0.1, -0.05) is 0 Å². The van der Waals surface area contributed by atoms with E-state index in [9.17, 15) is 8.42 Å². The average molecular weight is 495 g/mol. The first-order chi connectivity index (χ1) is 12.9. The zero-order valence-corrected chi connectivity index (χ0v) is 20.5. The second-order valence-electron chi connectivity index (χ2n) is 5.77. The van der Waals surface area contributed by atoms with Gasteiger partial charge in [0.1, 0.15) is 0 Å². The Labute approximate surface area is 192 Å². The van der Waals surface area contributed by atoms with Crippen LogP contribution in [0.3, 0.4) is 0 Å². The smallest absolute Gasteiger partial charge is 0.206 e. The van der Waals surface area contributed by atoms with E-state index in [2.05, 4.69) is 50.5 Å². The predicted molar refractivity (Wildman–Crippen MR) is 133 cm³/mol. The highest BCUT2D eigenvalue weighted by Gasteiger charge is 2.19. The van der Waals surface area contributed by atoms with E-state index in [1.54, 1.807) is 48.5 Å². The van der Waals surface area contributed by atoms with Gasteiger partial charge in [0.2, 0.25) is 9.84 Å². The summed E-state index contributed by atoms with van der Waals surface area (Å²) in [5.41, 5.74) is 0. The number of sulfone groups is 1. The van der Waals surface area contributed by atoms with Crippen LogP contribution in [0.25, 0.3) is 0 Å². The fraction of sp³-hybridized carbons (Fsp3) is 0.333. The van der Waals surface area contributed by atoms with E-state index in [0.717, 1.165) is 31.8 Å². The molecular formula is C18H22O2S7. The van der Waals surface area contributed by atoms with Crippen molar-refractivity contribution in [1.29, 1.82) is 0 Å². The van der Waals surface area contributed by atoms with Gasteiger partial charge in [0, 0.05) is 43.3 Å². The molecule has 1 aliphatic rings. The maximum absolute atomic E-state index is 12.2. The zero-order valence-electron chi connectivity index (χ0n) is 14.4. The topological polar surface area (TPSA) is 34.1 Å². The second-order valence-corrected chi connectivity index (χ2v) is 12.1. The molecule has 3 rings (SSSR count). The third-order valence-electron chi connectivity index (χ3n) is 3.74. The van der Waals surface area contributed by atoms with E-state index in [1.165, 1.54) is 11.5 Å². The molecule has 0 N–H and O–H groups in total. The van der Waals surface area contributed by atoms with Crippen LogP contribution in [0.4, 0.5) is 0 Å². The summed E-state index contributed by atoms with van der Waals surface area (Å²) in [5.74, 6) is 4.58. The largest absolute Gasteiger partial charge is 0.219 e. The summed E-state index contributed by atoms with van der Waals surface area (Å²) in [5, 5.41) is 1.56. The van der Waals surface area contributed by atoms with Crippen molar-refractivity contribution in [2.24, 2.45) is 0 Å². The van der Waals surface area contributed by atoms with Gasteiger partial charge in [0.15, 0.2) is 0 Å². The molecule has 1 heterocycles. The molecule has 0 spiro atoms. The van der Waals surface area contributed by atoms with Crippen molar-refractivity contribution in [2.45, 2.75) is 30.1 Å². The summed E-state index contributed by atoms with van der Waals surface area (Å²) in [4.78, 5) is 1.99. The molecule has 0 radical (unpaired) electrons. The summed E-state index contributed by atoms with van der Waals surface area (Å²) in [6, 6.07) is 12.8. The molecule has 0 bridgehead atoms. The molecule has 1 aliphatic heterocycles. The van der Waals surface area contributed by atoms with Gasteiger partial charge in [-0.15, -0.1) is 25.3 Å². The lowest BCUT2D eigenvalue weighted by molar-refractivity contribution is 0.596. The van der Waals surface area contributed by atoms with Crippen molar-refractivity contribution in [2.75, 3.05) is 23.0 Å². The fourth-order valence-electron chi connectivity index (χ4n) is 2.18. The van der Waals surface area contributed by atoms with Crippen molar-refractivity contribution >= 4 is 83.9 Å². The molecule has 9 heteroatoms. The van der Waals surface area contributed by atoms with Crippen molar-refractivity contribution in [3.05, 3.63) is 48.5 Å². The lowest BCUT2D eigenvalue weighted by Gasteiger charge is -2.25. The highest BCUT2D eigenvalue weighted by molar-refractivity contribution is 8.07. The number of benzene rings is 2. The van der Waals surface area contributed by atoms with Gasteiger partial charge in [-0.25, -0.2) is 8.42 Å². The van der Waals surface area contributed by atoms with E-state index in [-0.39, 0.29) is 9.79 Å². The van der Waals surface area contributed by atoms with E-state index in [4.69, 9.17) is 0 Å². The Morgan fingerprint density at radius 3 is 1.33 bits per heavy atom. The lowest BCUT2D eigenvalue weighted by Crippen LogP contribution is -2.23. The molecular weight excluding hydrogens is 473 g/mol. The highest BCUT2D eigenvalue weighted by atomic mass is 32.2. The van der Waals surface area contributed by atoms with E-state index < -0.39 is 9.84 Å². The van der Waals surface area contributed by atoms with E-state index >= 15 is 0 Å². The minimum absolute atomic E-state index is 0.266. The minimum Gasteiger partial charge on any atom is -0.219 e. The maximum atomic E-state index is 12.2. The van der Waals surface area contributed by atoms with Crippen molar-refractivity contribution < 1.29 is 8.42 Å². The molecule has 0 aromatic heterocycles. The Hall–Kier alpha value is 0.490. The van der Waals surface area contributed by atoms with Gasteiger partial charge < -0.3 is 0 Å². The molecule has 2 aromatic carbocycles. The Bertz CT molecular complexity index is 733. The minimum atomic E-state index is -3.44. The third-order valence-corrected chi connectivity index (χ3v) is 10.7. The summed E-state index contributed by atoms with van der Waals surface area (Å²) in [6.07, 6.45) is 0. The van der Waals surface area contributed by atoms with Gasteiger partial charge in [0.05, 0.1) is 9.79 Å². The number of hydrogen-bond donors (Lipinski definition) is 4. The van der Waals surface area contributed by atoms with Crippen LogP contribution in [0.2, 0.25) is 0 Å². The van der Waals surface area contributed by atoms with Crippen LogP contribution in [-0.2, 0) is 9.84 Å². The molecule has 0 saturated carbocycles. The average Bonchev–Trinajstić information content (AvgIpc) is 2.69. The SMILES string of the molecule is O=S(=O)(c1ccc(S)cc1)c1ccc(S)cc1.SCC1CSC(CS)CS1.